The highest BCUT2D eigenvalue weighted by Crippen LogP contribution is 2.29. The topological polar surface area (TPSA) is 56.7 Å². The van der Waals surface area contributed by atoms with Gasteiger partial charge >= 0.3 is 0 Å². The second-order valence-corrected chi connectivity index (χ2v) is 4.97. The van der Waals surface area contributed by atoms with Crippen LogP contribution in [0.15, 0.2) is 36.7 Å². The molecular formula is C15H15ClN4. The Morgan fingerprint density at radius 3 is 2.85 bits per heavy atom. The number of rotatable bonds is 3. The van der Waals surface area contributed by atoms with Crippen molar-refractivity contribution in [2.75, 3.05) is 0 Å². The molecule has 0 saturated heterocycles. The number of fused-ring (bicyclic) bond motifs is 1. The maximum absolute atomic E-state index is 6.24. The molecule has 0 fully saturated rings. The van der Waals surface area contributed by atoms with Gasteiger partial charge in [-0.2, -0.15) is 0 Å². The van der Waals surface area contributed by atoms with Crippen LogP contribution in [-0.2, 0) is 13.1 Å². The average molecular weight is 287 g/mol. The smallest absolute Gasteiger partial charge is 0.142 e. The summed E-state index contributed by atoms with van der Waals surface area (Å²) in [5.74, 6) is 0.865. The molecule has 0 saturated carbocycles. The molecule has 0 radical (unpaired) electrons. The fourth-order valence-electron chi connectivity index (χ4n) is 2.38. The highest BCUT2D eigenvalue weighted by molar-refractivity contribution is 6.33. The minimum Gasteiger partial charge on any atom is -0.326 e. The number of nitrogens with zero attached hydrogens (tertiary/aromatic N) is 3. The van der Waals surface area contributed by atoms with E-state index < -0.39 is 0 Å². The van der Waals surface area contributed by atoms with Crippen molar-refractivity contribution in [1.82, 2.24) is 14.5 Å². The van der Waals surface area contributed by atoms with Gasteiger partial charge in [0.2, 0.25) is 0 Å². The standard InChI is InChI=1S/C15H15ClN4/c1-2-20-14-4-3-10(8-17)7-13(14)19-15(20)11-5-6-18-9-12(11)16/h3-7,9H,2,8,17H2,1H3. The summed E-state index contributed by atoms with van der Waals surface area (Å²) in [5.41, 5.74) is 9.69. The normalized spacial score (nSPS) is 11.2. The predicted molar refractivity (Wildman–Crippen MR) is 81.5 cm³/mol. The van der Waals surface area contributed by atoms with Crippen LogP contribution in [-0.4, -0.2) is 14.5 Å². The van der Waals surface area contributed by atoms with Gasteiger partial charge in [0.05, 0.1) is 16.1 Å². The van der Waals surface area contributed by atoms with Crippen molar-refractivity contribution < 1.29 is 0 Å². The summed E-state index contributed by atoms with van der Waals surface area (Å²) in [5, 5.41) is 0.608. The summed E-state index contributed by atoms with van der Waals surface area (Å²) in [4.78, 5) is 8.74. The third-order valence-electron chi connectivity index (χ3n) is 3.38. The van der Waals surface area contributed by atoms with Gasteiger partial charge in [-0.05, 0) is 30.7 Å². The van der Waals surface area contributed by atoms with E-state index >= 15 is 0 Å². The third-order valence-corrected chi connectivity index (χ3v) is 3.68. The van der Waals surface area contributed by atoms with Crippen LogP contribution in [0.3, 0.4) is 0 Å². The zero-order valence-corrected chi connectivity index (χ0v) is 11.9. The molecule has 5 heteroatoms. The fraction of sp³-hybridized carbons (Fsp3) is 0.200. The molecule has 0 amide bonds. The van der Waals surface area contributed by atoms with Crippen molar-refractivity contribution in [2.45, 2.75) is 20.0 Å². The number of pyridine rings is 1. The van der Waals surface area contributed by atoms with Crippen LogP contribution in [0.5, 0.6) is 0 Å². The van der Waals surface area contributed by atoms with E-state index in [-0.39, 0.29) is 0 Å². The van der Waals surface area contributed by atoms with Crippen LogP contribution in [0.25, 0.3) is 22.4 Å². The first-order chi connectivity index (χ1) is 9.74. The highest BCUT2D eigenvalue weighted by Gasteiger charge is 2.14. The maximum atomic E-state index is 6.24. The minimum absolute atomic E-state index is 0.514. The van der Waals surface area contributed by atoms with Crippen molar-refractivity contribution in [3.63, 3.8) is 0 Å². The largest absolute Gasteiger partial charge is 0.326 e. The van der Waals surface area contributed by atoms with Crippen molar-refractivity contribution in [1.29, 1.82) is 0 Å². The van der Waals surface area contributed by atoms with Crippen molar-refractivity contribution >= 4 is 22.6 Å². The van der Waals surface area contributed by atoms with E-state index in [1.54, 1.807) is 12.4 Å². The van der Waals surface area contributed by atoms with E-state index in [2.05, 4.69) is 22.5 Å². The van der Waals surface area contributed by atoms with Gasteiger partial charge in [-0.15, -0.1) is 0 Å². The lowest BCUT2D eigenvalue weighted by atomic mass is 10.2. The quantitative estimate of drug-likeness (QED) is 0.804. The first kappa shape index (κ1) is 13.1. The van der Waals surface area contributed by atoms with Crippen LogP contribution in [0.1, 0.15) is 12.5 Å². The van der Waals surface area contributed by atoms with E-state index in [9.17, 15) is 0 Å². The van der Waals surface area contributed by atoms with Crippen LogP contribution in [0.4, 0.5) is 0 Å². The molecule has 0 spiro atoms. The Hall–Kier alpha value is -1.91. The number of halogens is 1. The van der Waals surface area contributed by atoms with Crippen LogP contribution < -0.4 is 5.73 Å². The lowest BCUT2D eigenvalue weighted by Crippen LogP contribution is -1.98. The summed E-state index contributed by atoms with van der Waals surface area (Å²) >= 11 is 6.24. The van der Waals surface area contributed by atoms with E-state index in [1.807, 2.05) is 18.2 Å². The first-order valence-corrected chi connectivity index (χ1v) is 6.91. The summed E-state index contributed by atoms with van der Waals surface area (Å²) < 4.78 is 2.15. The highest BCUT2D eigenvalue weighted by atomic mass is 35.5. The summed E-state index contributed by atoms with van der Waals surface area (Å²) in [7, 11) is 0. The molecule has 2 N–H and O–H groups in total. The van der Waals surface area contributed by atoms with E-state index in [0.29, 0.717) is 11.6 Å². The van der Waals surface area contributed by atoms with Crippen LogP contribution in [0.2, 0.25) is 5.02 Å². The molecule has 102 valence electrons. The number of hydrogen-bond acceptors (Lipinski definition) is 3. The van der Waals surface area contributed by atoms with Crippen molar-refractivity contribution in [3.8, 4) is 11.4 Å². The molecule has 2 aromatic heterocycles. The molecular weight excluding hydrogens is 272 g/mol. The summed E-state index contributed by atoms with van der Waals surface area (Å²) in [6.07, 6.45) is 3.37. The second kappa shape index (κ2) is 5.23. The molecule has 0 bridgehead atoms. The Balaban J connectivity index is 2.28. The number of hydrogen-bond donors (Lipinski definition) is 1. The molecule has 1 aromatic carbocycles. The van der Waals surface area contributed by atoms with E-state index in [0.717, 1.165) is 34.5 Å². The molecule has 0 aliphatic heterocycles. The summed E-state index contributed by atoms with van der Waals surface area (Å²) in [6.45, 7) is 3.43. The Bertz CT molecular complexity index is 764. The molecule has 4 nitrogen and oxygen atoms in total. The number of benzene rings is 1. The molecule has 0 aliphatic carbocycles. The number of imidazole rings is 1. The van der Waals surface area contributed by atoms with Gasteiger partial charge in [0.15, 0.2) is 0 Å². The van der Waals surface area contributed by atoms with Crippen LogP contribution in [0, 0.1) is 0 Å². The third kappa shape index (κ3) is 2.07. The second-order valence-electron chi connectivity index (χ2n) is 4.56. The number of aryl methyl sites for hydroxylation is 1. The van der Waals surface area contributed by atoms with Gasteiger partial charge in [-0.3, -0.25) is 4.98 Å². The number of nitrogens with two attached hydrogens (primary N) is 1. The van der Waals surface area contributed by atoms with Gasteiger partial charge in [0.1, 0.15) is 5.82 Å². The zero-order chi connectivity index (χ0) is 14.1. The predicted octanol–water partition coefficient (Wildman–Crippen LogP) is 3.23. The Labute approximate surface area is 122 Å². The molecule has 20 heavy (non-hydrogen) atoms. The average Bonchev–Trinajstić information content (AvgIpc) is 2.84. The SMILES string of the molecule is CCn1c(-c2ccncc2Cl)nc2cc(CN)ccc21. The van der Waals surface area contributed by atoms with Crippen LogP contribution >= 0.6 is 11.6 Å². The maximum Gasteiger partial charge on any atom is 0.142 e. The Kier molecular flexibility index (Phi) is 3.42. The Morgan fingerprint density at radius 1 is 1.30 bits per heavy atom. The lowest BCUT2D eigenvalue weighted by Gasteiger charge is -2.07. The fourth-order valence-corrected chi connectivity index (χ4v) is 2.59. The Morgan fingerprint density at radius 2 is 2.15 bits per heavy atom. The monoisotopic (exact) mass is 286 g/mol. The van der Waals surface area contributed by atoms with E-state index in [1.165, 1.54) is 0 Å². The molecule has 3 rings (SSSR count). The summed E-state index contributed by atoms with van der Waals surface area (Å²) in [6, 6.07) is 8.01. The van der Waals surface area contributed by atoms with Crippen molar-refractivity contribution in [3.05, 3.63) is 47.2 Å². The van der Waals surface area contributed by atoms with Gasteiger partial charge in [0, 0.05) is 31.0 Å². The minimum atomic E-state index is 0.514. The molecule has 0 aliphatic rings. The zero-order valence-electron chi connectivity index (χ0n) is 11.2. The first-order valence-electron chi connectivity index (χ1n) is 6.53. The molecule has 3 aromatic rings. The number of aromatic nitrogens is 3. The van der Waals surface area contributed by atoms with Gasteiger partial charge in [-0.1, -0.05) is 17.7 Å². The van der Waals surface area contributed by atoms with Crippen molar-refractivity contribution in [2.24, 2.45) is 5.73 Å². The van der Waals surface area contributed by atoms with Gasteiger partial charge in [0.25, 0.3) is 0 Å². The van der Waals surface area contributed by atoms with Gasteiger partial charge < -0.3 is 10.3 Å². The lowest BCUT2D eigenvalue weighted by molar-refractivity contribution is 0.796. The molecule has 2 heterocycles. The van der Waals surface area contributed by atoms with Gasteiger partial charge in [-0.25, -0.2) is 4.98 Å². The van der Waals surface area contributed by atoms with E-state index in [4.69, 9.17) is 22.3 Å². The molecule has 0 unspecified atom stereocenters. The molecule has 0 atom stereocenters.